The van der Waals surface area contributed by atoms with Crippen molar-refractivity contribution in [2.45, 2.75) is 9.24 Å². The molecule has 0 unspecified atom stereocenters. The van der Waals surface area contributed by atoms with E-state index >= 15 is 0 Å². The van der Waals surface area contributed by atoms with E-state index < -0.39 is 10.0 Å². The number of benzene rings is 1. The summed E-state index contributed by atoms with van der Waals surface area (Å²) in [6.45, 7) is 1.49. The van der Waals surface area contributed by atoms with Crippen LogP contribution < -0.4 is 10.6 Å². The zero-order valence-electron chi connectivity index (χ0n) is 14.5. The maximum atomic E-state index is 12.6. The molecule has 0 bridgehead atoms. The van der Waals surface area contributed by atoms with Gasteiger partial charge < -0.3 is 15.4 Å². The molecular formula is C15H19N5O4S3. The normalized spacial score (nSPS) is 15.4. The van der Waals surface area contributed by atoms with Crippen LogP contribution in [0.4, 0.5) is 10.8 Å². The van der Waals surface area contributed by atoms with Crippen LogP contribution in [0, 0.1) is 0 Å². The van der Waals surface area contributed by atoms with Crippen LogP contribution in [-0.2, 0) is 19.6 Å². The van der Waals surface area contributed by atoms with E-state index in [2.05, 4.69) is 20.8 Å². The second-order valence-corrected chi connectivity index (χ2v) is 9.64. The molecule has 0 saturated carbocycles. The van der Waals surface area contributed by atoms with Crippen molar-refractivity contribution >= 4 is 49.8 Å². The molecule has 1 aliphatic heterocycles. The number of aromatic nitrogens is 2. The molecular weight excluding hydrogens is 410 g/mol. The summed E-state index contributed by atoms with van der Waals surface area (Å²) in [5.41, 5.74) is 0.537. The van der Waals surface area contributed by atoms with Crippen molar-refractivity contribution in [1.82, 2.24) is 14.5 Å². The lowest BCUT2D eigenvalue weighted by Gasteiger charge is -2.26. The summed E-state index contributed by atoms with van der Waals surface area (Å²) in [4.78, 5) is 12.3. The molecule has 1 amide bonds. The Labute approximate surface area is 165 Å². The smallest absolute Gasteiger partial charge is 0.243 e. The molecule has 1 aromatic carbocycles. The number of thioether (sulfide) groups is 1. The number of anilines is 2. The fourth-order valence-corrected chi connectivity index (χ4v) is 5.25. The summed E-state index contributed by atoms with van der Waals surface area (Å²) in [6.07, 6.45) is 0. The van der Waals surface area contributed by atoms with Crippen molar-refractivity contribution in [1.29, 1.82) is 0 Å². The van der Waals surface area contributed by atoms with Gasteiger partial charge in [0.2, 0.25) is 21.1 Å². The molecule has 0 atom stereocenters. The Morgan fingerprint density at radius 3 is 2.59 bits per heavy atom. The molecule has 1 saturated heterocycles. The van der Waals surface area contributed by atoms with Crippen LogP contribution in [0.25, 0.3) is 0 Å². The number of hydrogen-bond acceptors (Lipinski definition) is 9. The van der Waals surface area contributed by atoms with Crippen LogP contribution in [0.2, 0.25) is 0 Å². The minimum atomic E-state index is -3.54. The number of hydrogen-bond donors (Lipinski definition) is 2. The van der Waals surface area contributed by atoms with Crippen LogP contribution in [0.3, 0.4) is 0 Å². The van der Waals surface area contributed by atoms with Crippen molar-refractivity contribution in [3.8, 4) is 0 Å². The number of rotatable bonds is 7. The van der Waals surface area contributed by atoms with Crippen LogP contribution in [-0.4, -0.2) is 67.9 Å². The molecule has 1 aliphatic rings. The van der Waals surface area contributed by atoms with Gasteiger partial charge >= 0.3 is 0 Å². The third kappa shape index (κ3) is 5.17. The van der Waals surface area contributed by atoms with E-state index in [4.69, 9.17) is 4.74 Å². The van der Waals surface area contributed by atoms with Crippen molar-refractivity contribution in [2.75, 3.05) is 49.7 Å². The Balaban J connectivity index is 1.55. The lowest BCUT2D eigenvalue weighted by molar-refractivity contribution is -0.113. The van der Waals surface area contributed by atoms with E-state index in [1.54, 1.807) is 19.2 Å². The fraction of sp³-hybridized carbons (Fsp3) is 0.400. The maximum absolute atomic E-state index is 12.6. The van der Waals surface area contributed by atoms with Gasteiger partial charge in [0.05, 0.1) is 23.9 Å². The average molecular weight is 430 g/mol. The summed E-state index contributed by atoms with van der Waals surface area (Å²) in [6, 6.07) is 6.16. The first-order chi connectivity index (χ1) is 13.0. The topological polar surface area (TPSA) is 114 Å². The fourth-order valence-electron chi connectivity index (χ4n) is 2.34. The van der Waals surface area contributed by atoms with E-state index in [1.165, 1.54) is 39.5 Å². The molecule has 9 nitrogen and oxygen atoms in total. The monoisotopic (exact) mass is 429 g/mol. The van der Waals surface area contributed by atoms with E-state index in [1.807, 2.05) is 0 Å². The van der Waals surface area contributed by atoms with Crippen LogP contribution in [0.15, 0.2) is 33.5 Å². The summed E-state index contributed by atoms with van der Waals surface area (Å²) >= 11 is 2.66. The van der Waals surface area contributed by atoms with Crippen LogP contribution in [0.1, 0.15) is 0 Å². The Kier molecular flexibility index (Phi) is 6.65. The highest BCUT2D eigenvalue weighted by Gasteiger charge is 2.26. The van der Waals surface area contributed by atoms with Gasteiger partial charge in [0, 0.05) is 25.8 Å². The third-order valence-electron chi connectivity index (χ3n) is 3.69. The average Bonchev–Trinajstić information content (AvgIpc) is 3.16. The van der Waals surface area contributed by atoms with Gasteiger partial charge in [-0.15, -0.1) is 10.2 Å². The second-order valence-electron chi connectivity index (χ2n) is 5.50. The first-order valence-electron chi connectivity index (χ1n) is 8.11. The largest absolute Gasteiger partial charge is 0.379 e. The zero-order chi connectivity index (χ0) is 19.3. The first-order valence-corrected chi connectivity index (χ1v) is 11.3. The van der Waals surface area contributed by atoms with Gasteiger partial charge in [-0.05, 0) is 24.3 Å². The van der Waals surface area contributed by atoms with Gasteiger partial charge in [0.25, 0.3) is 0 Å². The van der Waals surface area contributed by atoms with Gasteiger partial charge in [-0.2, -0.15) is 4.31 Å². The first kappa shape index (κ1) is 20.0. The van der Waals surface area contributed by atoms with E-state index in [0.717, 1.165) is 0 Å². The second kappa shape index (κ2) is 8.97. The highest BCUT2D eigenvalue weighted by molar-refractivity contribution is 8.01. The number of nitrogens with zero attached hydrogens (tertiary/aromatic N) is 3. The number of sulfonamides is 1. The SMILES string of the molecule is CNc1nnc(SCC(=O)Nc2ccc(S(=O)(=O)N3CCOCC3)cc2)s1. The van der Waals surface area contributed by atoms with Gasteiger partial charge in [-0.1, -0.05) is 23.1 Å². The number of nitrogens with one attached hydrogen (secondary N) is 2. The molecule has 2 N–H and O–H groups in total. The minimum Gasteiger partial charge on any atom is -0.379 e. The molecule has 1 fully saturated rings. The predicted molar refractivity (Wildman–Crippen MR) is 105 cm³/mol. The minimum absolute atomic E-state index is 0.187. The molecule has 0 spiro atoms. The summed E-state index contributed by atoms with van der Waals surface area (Å²) in [5.74, 6) is -0.0170. The number of carbonyl (C=O) groups is 1. The Hall–Kier alpha value is -1.73. The van der Waals surface area contributed by atoms with Gasteiger partial charge in [0.15, 0.2) is 4.34 Å². The maximum Gasteiger partial charge on any atom is 0.243 e. The van der Waals surface area contributed by atoms with Crippen molar-refractivity contribution in [3.63, 3.8) is 0 Å². The van der Waals surface area contributed by atoms with Gasteiger partial charge in [-0.3, -0.25) is 4.79 Å². The van der Waals surface area contributed by atoms with Crippen molar-refractivity contribution in [3.05, 3.63) is 24.3 Å². The lowest BCUT2D eigenvalue weighted by Crippen LogP contribution is -2.40. The zero-order valence-corrected chi connectivity index (χ0v) is 17.0. The number of ether oxygens (including phenoxy) is 1. The van der Waals surface area contributed by atoms with Gasteiger partial charge in [-0.25, -0.2) is 8.42 Å². The third-order valence-corrected chi connectivity index (χ3v) is 7.68. The van der Waals surface area contributed by atoms with Gasteiger partial charge in [0.1, 0.15) is 0 Å². The quantitative estimate of drug-likeness (QED) is 0.634. The number of amides is 1. The van der Waals surface area contributed by atoms with Crippen LogP contribution in [0.5, 0.6) is 0 Å². The molecule has 2 heterocycles. The number of carbonyl (C=O) groups excluding carboxylic acids is 1. The number of morpholine rings is 1. The summed E-state index contributed by atoms with van der Waals surface area (Å²) < 4.78 is 32.4. The predicted octanol–water partition coefficient (Wildman–Crippen LogP) is 1.33. The summed E-state index contributed by atoms with van der Waals surface area (Å²) in [5, 5.41) is 14.2. The molecule has 3 rings (SSSR count). The molecule has 146 valence electrons. The highest BCUT2D eigenvalue weighted by Crippen LogP contribution is 2.25. The molecule has 1 aromatic heterocycles. The van der Waals surface area contributed by atoms with E-state index in [0.29, 0.717) is 41.5 Å². The molecule has 0 aliphatic carbocycles. The molecule has 27 heavy (non-hydrogen) atoms. The Bertz CT molecular complexity index is 879. The Morgan fingerprint density at radius 2 is 1.96 bits per heavy atom. The lowest BCUT2D eigenvalue weighted by atomic mass is 10.3. The van der Waals surface area contributed by atoms with Crippen molar-refractivity contribution in [2.24, 2.45) is 0 Å². The Morgan fingerprint density at radius 1 is 1.26 bits per heavy atom. The van der Waals surface area contributed by atoms with E-state index in [-0.39, 0.29) is 16.6 Å². The standard InChI is InChI=1S/C15H19N5O4S3/c1-16-14-18-19-15(26-14)25-10-13(21)17-11-2-4-12(5-3-11)27(22,23)20-6-8-24-9-7-20/h2-5H,6-10H2,1H3,(H,16,18)(H,17,21). The molecule has 2 aromatic rings. The highest BCUT2D eigenvalue weighted by atomic mass is 32.2. The molecule has 12 heteroatoms. The summed E-state index contributed by atoms with van der Waals surface area (Å²) in [7, 11) is -1.78. The van der Waals surface area contributed by atoms with Crippen molar-refractivity contribution < 1.29 is 17.9 Å². The van der Waals surface area contributed by atoms with E-state index in [9.17, 15) is 13.2 Å². The molecule has 0 radical (unpaired) electrons. The van der Waals surface area contributed by atoms with Crippen LogP contribution >= 0.6 is 23.1 Å².